The summed E-state index contributed by atoms with van der Waals surface area (Å²) in [4.78, 5) is 35.4. The van der Waals surface area contributed by atoms with Gasteiger partial charge < -0.3 is 9.47 Å². The molecule has 104 valence electrons. The zero-order chi connectivity index (χ0) is 14.7. The number of Topliss-reactive ketones (excluding diaryl/α,β-unsaturated/α-hetero) is 1. The Bertz CT molecular complexity index is 583. The molecule has 1 unspecified atom stereocenters. The van der Waals surface area contributed by atoms with Gasteiger partial charge in [0.1, 0.15) is 11.5 Å². The van der Waals surface area contributed by atoms with Crippen molar-refractivity contribution < 1.29 is 23.9 Å². The number of methoxy groups -OCH3 is 1. The highest BCUT2D eigenvalue weighted by Crippen LogP contribution is 2.18. The molecule has 1 aromatic rings. The van der Waals surface area contributed by atoms with Crippen molar-refractivity contribution in [1.82, 2.24) is 0 Å². The topological polar surface area (TPSA) is 69.7 Å². The molecule has 5 nitrogen and oxygen atoms in total. The summed E-state index contributed by atoms with van der Waals surface area (Å²) in [6.45, 7) is 1.50. The van der Waals surface area contributed by atoms with Gasteiger partial charge in [-0.3, -0.25) is 14.4 Å². The number of cyclic esters (lactones) is 1. The number of benzene rings is 1. The molecule has 1 heterocycles. The molecule has 0 spiro atoms. The molecule has 1 aliphatic heterocycles. The molecule has 0 saturated heterocycles. The first-order valence-electron chi connectivity index (χ1n) is 6.10. The summed E-state index contributed by atoms with van der Waals surface area (Å²) in [5.74, 6) is -2.23. The molecule has 0 aromatic heterocycles. The van der Waals surface area contributed by atoms with Crippen LogP contribution in [0.15, 0.2) is 36.1 Å². The van der Waals surface area contributed by atoms with Crippen LogP contribution < -0.4 is 4.74 Å². The van der Waals surface area contributed by atoms with E-state index in [9.17, 15) is 14.4 Å². The van der Waals surface area contributed by atoms with Crippen LogP contribution in [0.25, 0.3) is 0 Å². The van der Waals surface area contributed by atoms with Gasteiger partial charge in [-0.05, 0) is 24.6 Å². The average Bonchev–Trinajstić information content (AvgIpc) is 2.38. The predicted molar refractivity (Wildman–Crippen MR) is 70.1 cm³/mol. The van der Waals surface area contributed by atoms with Gasteiger partial charge in [0.15, 0.2) is 17.5 Å². The monoisotopic (exact) mass is 274 g/mol. The van der Waals surface area contributed by atoms with Crippen molar-refractivity contribution in [3.8, 4) is 5.75 Å². The Balaban J connectivity index is 2.11. The zero-order valence-electron chi connectivity index (χ0n) is 11.2. The lowest BCUT2D eigenvalue weighted by Crippen LogP contribution is -2.36. The van der Waals surface area contributed by atoms with E-state index in [0.29, 0.717) is 11.3 Å². The number of carbonyl (C=O) groups is 3. The Morgan fingerprint density at radius 3 is 2.45 bits per heavy atom. The van der Waals surface area contributed by atoms with Crippen LogP contribution in [0.2, 0.25) is 0 Å². The molecular formula is C15H14O5. The van der Waals surface area contributed by atoms with Crippen LogP contribution in [0.1, 0.15) is 12.5 Å². The third kappa shape index (κ3) is 2.93. The number of hydrogen-bond donors (Lipinski definition) is 0. The second-order valence-corrected chi connectivity index (χ2v) is 4.50. The van der Waals surface area contributed by atoms with E-state index < -0.39 is 23.5 Å². The normalized spacial score (nSPS) is 18.3. The maximum absolute atomic E-state index is 12.1. The second kappa shape index (κ2) is 5.69. The standard InChI is InChI=1S/C15H14O5/c1-9-7-12(16)14(15(18)20-9)13(17)8-10-3-5-11(19-2)6-4-10/h3-7,14H,8H2,1-2H3. The summed E-state index contributed by atoms with van der Waals surface area (Å²) in [6, 6.07) is 6.87. The lowest BCUT2D eigenvalue weighted by Gasteiger charge is -2.17. The van der Waals surface area contributed by atoms with Crippen molar-refractivity contribution >= 4 is 17.5 Å². The Morgan fingerprint density at radius 1 is 1.25 bits per heavy atom. The van der Waals surface area contributed by atoms with E-state index in [4.69, 9.17) is 9.47 Å². The molecule has 0 radical (unpaired) electrons. The number of carbonyl (C=O) groups excluding carboxylic acids is 3. The third-order valence-electron chi connectivity index (χ3n) is 2.99. The van der Waals surface area contributed by atoms with Gasteiger partial charge in [0.05, 0.1) is 7.11 Å². The maximum atomic E-state index is 12.1. The molecule has 1 aromatic carbocycles. The average molecular weight is 274 g/mol. The van der Waals surface area contributed by atoms with E-state index in [-0.39, 0.29) is 12.2 Å². The third-order valence-corrected chi connectivity index (χ3v) is 2.99. The highest BCUT2D eigenvalue weighted by molar-refractivity contribution is 6.22. The molecule has 5 heteroatoms. The number of ether oxygens (including phenoxy) is 2. The van der Waals surface area contributed by atoms with Crippen molar-refractivity contribution in [3.63, 3.8) is 0 Å². The van der Waals surface area contributed by atoms with Crippen LogP contribution in [-0.4, -0.2) is 24.6 Å². The number of esters is 1. The van der Waals surface area contributed by atoms with Crippen molar-refractivity contribution in [3.05, 3.63) is 41.7 Å². The van der Waals surface area contributed by atoms with Gasteiger partial charge in [-0.1, -0.05) is 12.1 Å². The zero-order valence-corrected chi connectivity index (χ0v) is 11.2. The van der Waals surface area contributed by atoms with Crippen LogP contribution in [0.4, 0.5) is 0 Å². The first-order chi connectivity index (χ1) is 9.51. The van der Waals surface area contributed by atoms with Crippen molar-refractivity contribution in [2.75, 3.05) is 7.11 Å². The van der Waals surface area contributed by atoms with Crippen LogP contribution in [0, 0.1) is 5.92 Å². The Hall–Kier alpha value is -2.43. The first kappa shape index (κ1) is 14.0. The highest BCUT2D eigenvalue weighted by Gasteiger charge is 2.37. The van der Waals surface area contributed by atoms with Gasteiger partial charge in [-0.15, -0.1) is 0 Å². The van der Waals surface area contributed by atoms with E-state index in [1.165, 1.54) is 13.0 Å². The Morgan fingerprint density at radius 2 is 1.90 bits per heavy atom. The number of allylic oxidation sites excluding steroid dienone is 2. The molecule has 0 bridgehead atoms. The minimum Gasteiger partial charge on any atom is -0.497 e. The lowest BCUT2D eigenvalue weighted by atomic mass is 9.92. The van der Waals surface area contributed by atoms with Gasteiger partial charge in [0.25, 0.3) is 0 Å². The highest BCUT2D eigenvalue weighted by atomic mass is 16.5. The molecular weight excluding hydrogens is 260 g/mol. The van der Waals surface area contributed by atoms with Gasteiger partial charge in [-0.2, -0.15) is 0 Å². The number of ketones is 2. The summed E-state index contributed by atoms with van der Waals surface area (Å²) < 4.78 is 9.84. The molecule has 20 heavy (non-hydrogen) atoms. The van der Waals surface area contributed by atoms with Crippen molar-refractivity contribution in [2.24, 2.45) is 5.92 Å². The van der Waals surface area contributed by atoms with Gasteiger partial charge in [-0.25, -0.2) is 0 Å². The molecule has 1 atom stereocenters. The smallest absolute Gasteiger partial charge is 0.329 e. The molecule has 0 fully saturated rings. The minimum atomic E-state index is -1.35. The number of hydrogen-bond acceptors (Lipinski definition) is 5. The fourth-order valence-corrected chi connectivity index (χ4v) is 1.98. The summed E-state index contributed by atoms with van der Waals surface area (Å²) in [5.41, 5.74) is 0.711. The maximum Gasteiger partial charge on any atom is 0.329 e. The first-order valence-corrected chi connectivity index (χ1v) is 6.10. The molecule has 0 aliphatic carbocycles. The Labute approximate surface area is 116 Å². The lowest BCUT2D eigenvalue weighted by molar-refractivity contribution is -0.152. The van der Waals surface area contributed by atoms with Crippen molar-refractivity contribution in [2.45, 2.75) is 13.3 Å². The molecule has 2 rings (SSSR count). The van der Waals surface area contributed by atoms with E-state index in [1.54, 1.807) is 31.4 Å². The fraction of sp³-hybridized carbons (Fsp3) is 0.267. The molecule has 0 N–H and O–H groups in total. The Kier molecular flexibility index (Phi) is 3.98. The van der Waals surface area contributed by atoms with E-state index in [2.05, 4.69) is 0 Å². The van der Waals surface area contributed by atoms with Crippen LogP contribution in [0.3, 0.4) is 0 Å². The quantitative estimate of drug-likeness (QED) is 0.614. The summed E-state index contributed by atoms with van der Waals surface area (Å²) in [6.07, 6.45) is 1.18. The number of rotatable bonds is 4. The van der Waals surface area contributed by atoms with Gasteiger partial charge >= 0.3 is 5.97 Å². The molecule has 1 aliphatic rings. The SMILES string of the molecule is COc1ccc(CC(=O)C2C(=O)C=C(C)OC2=O)cc1. The minimum absolute atomic E-state index is 0.00237. The van der Waals surface area contributed by atoms with Gasteiger partial charge in [0, 0.05) is 12.5 Å². The van der Waals surface area contributed by atoms with Crippen LogP contribution >= 0.6 is 0 Å². The molecule has 0 saturated carbocycles. The van der Waals surface area contributed by atoms with Gasteiger partial charge in [0.2, 0.25) is 0 Å². The summed E-state index contributed by atoms with van der Waals surface area (Å²) >= 11 is 0. The predicted octanol–water partition coefficient (Wildman–Crippen LogP) is 1.45. The van der Waals surface area contributed by atoms with Crippen molar-refractivity contribution in [1.29, 1.82) is 0 Å². The fourth-order valence-electron chi connectivity index (χ4n) is 1.98. The van der Waals surface area contributed by atoms with E-state index in [0.717, 1.165) is 0 Å². The molecule has 0 amide bonds. The summed E-state index contributed by atoms with van der Waals surface area (Å²) in [5, 5.41) is 0. The largest absolute Gasteiger partial charge is 0.497 e. The van der Waals surface area contributed by atoms with E-state index >= 15 is 0 Å². The summed E-state index contributed by atoms with van der Waals surface area (Å²) in [7, 11) is 1.55. The van der Waals surface area contributed by atoms with E-state index in [1.807, 2.05) is 0 Å². The van der Waals surface area contributed by atoms with Crippen LogP contribution in [-0.2, 0) is 25.5 Å². The second-order valence-electron chi connectivity index (χ2n) is 4.50. The van der Waals surface area contributed by atoms with Crippen LogP contribution in [0.5, 0.6) is 5.75 Å².